The highest BCUT2D eigenvalue weighted by atomic mass is 32.2. The van der Waals surface area contributed by atoms with Crippen molar-refractivity contribution in [2.24, 2.45) is 10.2 Å². The number of nitrogens with zero attached hydrogens (tertiary/aromatic N) is 3. The molecule has 2 aromatic carbocycles. The van der Waals surface area contributed by atoms with Gasteiger partial charge >= 0.3 is 0 Å². The Balaban J connectivity index is 1.61. The van der Waals surface area contributed by atoms with Gasteiger partial charge in [-0.3, -0.25) is 9.69 Å². The lowest BCUT2D eigenvalue weighted by atomic mass is 10.1. The number of allylic oxidation sites excluding steroid dienone is 2. The van der Waals surface area contributed by atoms with Crippen LogP contribution < -0.4 is 0 Å². The molecule has 3 aromatic rings. The number of carbonyl (C=O) groups is 1. The summed E-state index contributed by atoms with van der Waals surface area (Å²) in [7, 11) is 0. The van der Waals surface area contributed by atoms with Crippen LogP contribution >= 0.6 is 11.8 Å². The lowest BCUT2D eigenvalue weighted by Crippen LogP contribution is -2.28. The van der Waals surface area contributed by atoms with Crippen LogP contribution in [-0.4, -0.2) is 27.3 Å². The van der Waals surface area contributed by atoms with Crippen LogP contribution in [0.5, 0.6) is 5.75 Å². The van der Waals surface area contributed by atoms with Gasteiger partial charge in [0.15, 0.2) is 5.17 Å². The van der Waals surface area contributed by atoms with Crippen molar-refractivity contribution in [3.8, 4) is 5.75 Å². The molecule has 1 aromatic heterocycles. The predicted octanol–water partition coefficient (Wildman–Crippen LogP) is 5.44. The van der Waals surface area contributed by atoms with Crippen molar-refractivity contribution in [3.05, 3.63) is 106 Å². The third-order valence-corrected chi connectivity index (χ3v) is 5.61. The number of furan rings is 1. The maximum atomic E-state index is 13.1. The van der Waals surface area contributed by atoms with E-state index in [2.05, 4.69) is 10.2 Å². The molecule has 1 N–H and O–H groups in total. The van der Waals surface area contributed by atoms with Gasteiger partial charge in [0.2, 0.25) is 0 Å². The predicted molar refractivity (Wildman–Crippen MR) is 128 cm³/mol. The van der Waals surface area contributed by atoms with Gasteiger partial charge in [-0.1, -0.05) is 48.5 Å². The SMILES string of the molecule is CC(/C=C1\S/C(=N/N=C\c2ccccc2O)N(Cc2ccco2)C1=O)=C\c1ccccc1. The lowest BCUT2D eigenvalue weighted by molar-refractivity contribution is -0.122. The Morgan fingerprint density at radius 1 is 1.09 bits per heavy atom. The van der Waals surface area contributed by atoms with Gasteiger partial charge in [0, 0.05) is 5.56 Å². The number of aromatic hydroxyl groups is 1. The third kappa shape index (κ3) is 5.25. The highest BCUT2D eigenvalue weighted by molar-refractivity contribution is 8.18. The molecule has 1 saturated heterocycles. The largest absolute Gasteiger partial charge is 0.507 e. The van der Waals surface area contributed by atoms with Crippen LogP contribution in [0.15, 0.2) is 104 Å². The summed E-state index contributed by atoms with van der Waals surface area (Å²) in [5.74, 6) is 0.596. The van der Waals surface area contributed by atoms with Crippen molar-refractivity contribution in [3.63, 3.8) is 0 Å². The quantitative estimate of drug-likeness (QED) is 0.313. The fraction of sp³-hybridized carbons (Fsp3) is 0.0800. The third-order valence-electron chi connectivity index (χ3n) is 4.61. The zero-order valence-corrected chi connectivity index (χ0v) is 18.2. The Morgan fingerprint density at radius 2 is 1.88 bits per heavy atom. The van der Waals surface area contributed by atoms with Crippen LogP contribution in [0.1, 0.15) is 23.8 Å². The molecule has 0 bridgehead atoms. The van der Waals surface area contributed by atoms with E-state index in [0.29, 0.717) is 21.4 Å². The molecule has 2 heterocycles. The van der Waals surface area contributed by atoms with E-state index < -0.39 is 0 Å². The van der Waals surface area contributed by atoms with Crippen LogP contribution in [-0.2, 0) is 11.3 Å². The van der Waals surface area contributed by atoms with E-state index in [0.717, 1.165) is 11.1 Å². The number of hydrogen-bond acceptors (Lipinski definition) is 6. The molecule has 4 rings (SSSR count). The number of benzene rings is 2. The van der Waals surface area contributed by atoms with E-state index in [1.165, 1.54) is 22.9 Å². The first-order valence-corrected chi connectivity index (χ1v) is 10.8. The molecular formula is C25H21N3O3S. The number of para-hydroxylation sites is 1. The molecule has 32 heavy (non-hydrogen) atoms. The summed E-state index contributed by atoms with van der Waals surface area (Å²) in [6, 6.07) is 20.4. The van der Waals surface area contributed by atoms with E-state index in [9.17, 15) is 9.90 Å². The average Bonchev–Trinajstić information content (AvgIpc) is 3.40. The lowest BCUT2D eigenvalue weighted by Gasteiger charge is -2.12. The summed E-state index contributed by atoms with van der Waals surface area (Å²) in [6.07, 6.45) is 6.90. The molecule has 0 radical (unpaired) electrons. The number of thioether (sulfide) groups is 1. The molecule has 0 atom stereocenters. The number of amides is 1. The average molecular weight is 444 g/mol. The van der Waals surface area contributed by atoms with Gasteiger partial charge in [-0.15, -0.1) is 5.10 Å². The van der Waals surface area contributed by atoms with E-state index >= 15 is 0 Å². The molecule has 6 nitrogen and oxygen atoms in total. The molecule has 1 aliphatic heterocycles. The van der Waals surface area contributed by atoms with Crippen molar-refractivity contribution < 1.29 is 14.3 Å². The fourth-order valence-electron chi connectivity index (χ4n) is 3.08. The zero-order valence-electron chi connectivity index (χ0n) is 17.4. The Bertz CT molecular complexity index is 1210. The molecular weight excluding hydrogens is 422 g/mol. The smallest absolute Gasteiger partial charge is 0.267 e. The second-order valence-electron chi connectivity index (χ2n) is 7.07. The van der Waals surface area contributed by atoms with Gasteiger partial charge in [-0.05, 0) is 60.2 Å². The van der Waals surface area contributed by atoms with Gasteiger partial charge in [0.1, 0.15) is 11.5 Å². The standard InChI is InChI=1S/C25H21N3O3S/c1-18(14-19-8-3-2-4-9-19)15-23-24(30)28(17-21-11-7-13-31-21)25(32-23)27-26-16-20-10-5-6-12-22(20)29/h2-16,29H,17H2,1H3/b18-14+,23-15-,26-16-,27-25+. The minimum atomic E-state index is -0.163. The van der Waals surface area contributed by atoms with Gasteiger partial charge < -0.3 is 9.52 Å². The molecule has 0 spiro atoms. The molecule has 1 fully saturated rings. The summed E-state index contributed by atoms with van der Waals surface area (Å²) >= 11 is 1.26. The van der Waals surface area contributed by atoms with Crippen LogP contribution in [0.25, 0.3) is 6.08 Å². The summed E-state index contributed by atoms with van der Waals surface area (Å²) in [4.78, 5) is 15.2. The van der Waals surface area contributed by atoms with E-state index in [4.69, 9.17) is 4.42 Å². The van der Waals surface area contributed by atoms with Gasteiger partial charge in [-0.2, -0.15) is 5.10 Å². The zero-order chi connectivity index (χ0) is 22.3. The molecule has 1 amide bonds. The van der Waals surface area contributed by atoms with Crippen molar-refractivity contribution in [2.75, 3.05) is 0 Å². The van der Waals surface area contributed by atoms with Crippen LogP contribution in [0.2, 0.25) is 0 Å². The number of amidine groups is 1. The highest BCUT2D eigenvalue weighted by Crippen LogP contribution is 2.33. The highest BCUT2D eigenvalue weighted by Gasteiger charge is 2.34. The summed E-state index contributed by atoms with van der Waals surface area (Å²) < 4.78 is 5.42. The van der Waals surface area contributed by atoms with Gasteiger partial charge in [-0.25, -0.2) is 0 Å². The fourth-order valence-corrected chi connectivity index (χ4v) is 4.06. The molecule has 1 aliphatic rings. The number of rotatable bonds is 6. The topological polar surface area (TPSA) is 78.4 Å². The van der Waals surface area contributed by atoms with Crippen molar-refractivity contribution >= 4 is 35.1 Å². The summed E-state index contributed by atoms with van der Waals surface area (Å²) in [6.45, 7) is 2.21. The van der Waals surface area contributed by atoms with Crippen molar-refractivity contribution in [1.82, 2.24) is 4.90 Å². The summed E-state index contributed by atoms with van der Waals surface area (Å²) in [5, 5.41) is 18.7. The minimum Gasteiger partial charge on any atom is -0.507 e. The molecule has 0 unspecified atom stereocenters. The van der Waals surface area contributed by atoms with Crippen molar-refractivity contribution in [1.29, 1.82) is 0 Å². The van der Waals surface area contributed by atoms with Crippen molar-refractivity contribution in [2.45, 2.75) is 13.5 Å². The van der Waals surface area contributed by atoms with E-state index in [1.54, 1.807) is 36.6 Å². The Hall–Kier alpha value is -3.84. The molecule has 7 heteroatoms. The molecule has 160 valence electrons. The second-order valence-corrected chi connectivity index (χ2v) is 8.08. The number of carbonyl (C=O) groups excluding carboxylic acids is 1. The second kappa shape index (κ2) is 9.98. The van der Waals surface area contributed by atoms with Gasteiger partial charge in [0.25, 0.3) is 5.91 Å². The number of phenols is 1. The molecule has 0 aliphatic carbocycles. The Kier molecular flexibility index (Phi) is 6.67. The van der Waals surface area contributed by atoms with E-state index in [-0.39, 0.29) is 18.2 Å². The van der Waals surface area contributed by atoms with E-state index in [1.807, 2.05) is 55.5 Å². The van der Waals surface area contributed by atoms with Crippen LogP contribution in [0.4, 0.5) is 0 Å². The maximum absolute atomic E-state index is 13.1. The number of hydrogen-bond donors (Lipinski definition) is 1. The first-order valence-electron chi connectivity index (χ1n) is 9.96. The first kappa shape index (κ1) is 21.4. The minimum absolute atomic E-state index is 0.112. The normalized spacial score (nSPS) is 17.2. The maximum Gasteiger partial charge on any atom is 0.267 e. The van der Waals surface area contributed by atoms with Crippen LogP contribution in [0.3, 0.4) is 0 Å². The molecule has 0 saturated carbocycles. The Morgan fingerprint density at radius 3 is 2.62 bits per heavy atom. The summed E-state index contributed by atoms with van der Waals surface area (Å²) in [5.41, 5.74) is 2.55. The van der Waals surface area contributed by atoms with Crippen LogP contribution in [0, 0.1) is 0 Å². The number of phenolic OH excluding ortho intramolecular Hbond substituents is 1. The Labute approximate surface area is 190 Å². The first-order chi connectivity index (χ1) is 15.6. The van der Waals surface area contributed by atoms with Gasteiger partial charge in [0.05, 0.1) is 23.9 Å². The monoisotopic (exact) mass is 443 g/mol.